The van der Waals surface area contributed by atoms with Gasteiger partial charge >= 0.3 is 8.80 Å². The Morgan fingerprint density at radius 2 is 1.33 bits per heavy atom. The second-order valence-electron chi connectivity index (χ2n) is 4.15. The molecule has 0 aromatic heterocycles. The molecule has 0 heterocycles. The topological polar surface area (TPSA) is 27.7 Å². The van der Waals surface area contributed by atoms with Gasteiger partial charge in [-0.1, -0.05) is 32.3 Å². The molecule has 0 saturated carbocycles. The monoisotopic (exact) mass is 274 g/mol. The van der Waals surface area contributed by atoms with Crippen LogP contribution in [0.4, 0.5) is 0 Å². The zero-order chi connectivity index (χ0) is 13.7. The fourth-order valence-electron chi connectivity index (χ4n) is 1.79. The van der Waals surface area contributed by atoms with Crippen LogP contribution in [0.3, 0.4) is 0 Å². The van der Waals surface area contributed by atoms with E-state index in [0.29, 0.717) is 19.8 Å². The second kappa shape index (κ2) is 11.9. The Morgan fingerprint density at radius 3 is 1.78 bits per heavy atom. The van der Waals surface area contributed by atoms with Crippen LogP contribution in [0.5, 0.6) is 0 Å². The summed E-state index contributed by atoms with van der Waals surface area (Å²) >= 11 is 0. The number of hydrogen-bond acceptors (Lipinski definition) is 3. The Morgan fingerprint density at radius 1 is 0.778 bits per heavy atom. The van der Waals surface area contributed by atoms with Gasteiger partial charge in [-0.05, 0) is 39.3 Å². The fraction of sp³-hybridized carbons (Fsp3) is 0.857. The number of allylic oxidation sites excluding steroid dienone is 1. The lowest BCUT2D eigenvalue weighted by Crippen LogP contribution is -2.44. The van der Waals surface area contributed by atoms with Gasteiger partial charge < -0.3 is 13.3 Å². The van der Waals surface area contributed by atoms with E-state index in [4.69, 9.17) is 13.3 Å². The molecule has 0 saturated heterocycles. The first-order valence-corrected chi connectivity index (χ1v) is 9.14. The van der Waals surface area contributed by atoms with Gasteiger partial charge in [-0.25, -0.2) is 0 Å². The van der Waals surface area contributed by atoms with Crippen LogP contribution in [0.15, 0.2) is 11.8 Å². The molecule has 0 bridgehead atoms. The Hall–Kier alpha value is -0.163. The summed E-state index contributed by atoms with van der Waals surface area (Å²) in [6, 6.07) is 0. The summed E-state index contributed by atoms with van der Waals surface area (Å²) in [5.41, 5.74) is 2.05. The van der Waals surface area contributed by atoms with Crippen molar-refractivity contribution in [3.63, 3.8) is 0 Å². The van der Waals surface area contributed by atoms with E-state index in [0.717, 1.165) is 6.42 Å². The molecule has 0 radical (unpaired) electrons. The molecule has 0 aliphatic carbocycles. The first-order chi connectivity index (χ1) is 8.74. The van der Waals surface area contributed by atoms with Crippen molar-refractivity contribution < 1.29 is 13.3 Å². The molecule has 0 N–H and O–H groups in total. The first kappa shape index (κ1) is 17.8. The van der Waals surface area contributed by atoms with Crippen molar-refractivity contribution in [2.24, 2.45) is 0 Å². The number of unbranched alkanes of at least 4 members (excludes halogenated alkanes) is 4. The fourth-order valence-corrected chi connectivity index (χ4v) is 3.99. The zero-order valence-corrected chi connectivity index (χ0v) is 13.5. The molecule has 4 heteroatoms. The minimum absolute atomic E-state index is 0.631. The smallest absolute Gasteiger partial charge is 0.371 e. The Balaban J connectivity index is 4.22. The third-order valence-electron chi connectivity index (χ3n) is 2.58. The molecule has 0 aliphatic heterocycles. The molecule has 3 nitrogen and oxygen atoms in total. The molecule has 0 aromatic rings. The van der Waals surface area contributed by atoms with Gasteiger partial charge in [0.25, 0.3) is 0 Å². The van der Waals surface area contributed by atoms with E-state index < -0.39 is 8.80 Å². The van der Waals surface area contributed by atoms with Crippen molar-refractivity contribution >= 4 is 8.80 Å². The largest absolute Gasteiger partial charge is 0.529 e. The van der Waals surface area contributed by atoms with Gasteiger partial charge in [-0.2, -0.15) is 0 Å². The van der Waals surface area contributed by atoms with E-state index in [9.17, 15) is 0 Å². The summed E-state index contributed by atoms with van der Waals surface area (Å²) in [6.45, 7) is 10.1. The third-order valence-corrected chi connectivity index (χ3v) is 5.30. The lowest BCUT2D eigenvalue weighted by Gasteiger charge is -2.25. The van der Waals surface area contributed by atoms with Gasteiger partial charge in [-0.3, -0.25) is 0 Å². The highest BCUT2D eigenvalue weighted by Gasteiger charge is 2.37. The lowest BCUT2D eigenvalue weighted by molar-refractivity contribution is 0.0842. The lowest BCUT2D eigenvalue weighted by atomic mass is 10.2. The molecule has 0 rings (SSSR count). The van der Waals surface area contributed by atoms with Crippen LogP contribution in [-0.2, 0) is 13.3 Å². The molecule has 0 spiro atoms. The second-order valence-corrected chi connectivity index (χ2v) is 6.56. The maximum atomic E-state index is 5.75. The normalized spacial score (nSPS) is 12.4. The standard InChI is InChI=1S/C14H30O3Si/c1-5-9-10-11-12-13-14-18(15-6-2,16-7-3)17-8-4/h13-14H,5-12H2,1-4H3/b14-13+. The highest BCUT2D eigenvalue weighted by molar-refractivity contribution is 6.66. The number of hydrogen-bond donors (Lipinski definition) is 0. The first-order valence-electron chi connectivity index (χ1n) is 7.34. The van der Waals surface area contributed by atoms with Crippen LogP contribution in [-0.4, -0.2) is 28.6 Å². The molecule has 108 valence electrons. The number of rotatable bonds is 12. The molecule has 0 fully saturated rings. The van der Waals surface area contributed by atoms with Crippen molar-refractivity contribution in [2.75, 3.05) is 19.8 Å². The van der Waals surface area contributed by atoms with Crippen molar-refractivity contribution in [2.45, 2.75) is 59.8 Å². The molecule has 0 aromatic carbocycles. The average Bonchev–Trinajstić information content (AvgIpc) is 2.35. The summed E-state index contributed by atoms with van der Waals surface area (Å²) in [6.07, 6.45) is 8.38. The van der Waals surface area contributed by atoms with Gasteiger partial charge in [-0.15, -0.1) is 0 Å². The van der Waals surface area contributed by atoms with Crippen LogP contribution in [0.1, 0.15) is 59.8 Å². The summed E-state index contributed by atoms with van der Waals surface area (Å²) in [4.78, 5) is 0. The maximum absolute atomic E-state index is 5.75. The highest BCUT2D eigenvalue weighted by atomic mass is 28.4. The van der Waals surface area contributed by atoms with Crippen molar-refractivity contribution in [3.05, 3.63) is 11.8 Å². The van der Waals surface area contributed by atoms with Crippen molar-refractivity contribution in [1.82, 2.24) is 0 Å². The average molecular weight is 274 g/mol. The quantitative estimate of drug-likeness (QED) is 0.396. The van der Waals surface area contributed by atoms with Gasteiger partial charge in [0.15, 0.2) is 0 Å². The van der Waals surface area contributed by atoms with E-state index in [1.807, 2.05) is 20.8 Å². The van der Waals surface area contributed by atoms with Gasteiger partial charge in [0.2, 0.25) is 0 Å². The Labute approximate surface area is 114 Å². The zero-order valence-electron chi connectivity index (χ0n) is 12.5. The summed E-state index contributed by atoms with van der Waals surface area (Å²) in [7, 11) is -2.54. The molecule has 0 unspecified atom stereocenters. The molecular formula is C14H30O3Si. The van der Waals surface area contributed by atoms with Gasteiger partial charge in [0, 0.05) is 19.8 Å². The predicted molar refractivity (Wildman–Crippen MR) is 78.5 cm³/mol. The summed E-state index contributed by atoms with van der Waals surface area (Å²) in [5, 5.41) is 0. The van der Waals surface area contributed by atoms with Crippen LogP contribution in [0.25, 0.3) is 0 Å². The third kappa shape index (κ3) is 8.03. The van der Waals surface area contributed by atoms with Crippen LogP contribution >= 0.6 is 0 Å². The minimum atomic E-state index is -2.54. The highest BCUT2D eigenvalue weighted by Crippen LogP contribution is 2.13. The van der Waals surface area contributed by atoms with Crippen molar-refractivity contribution in [1.29, 1.82) is 0 Å². The molecule has 0 amide bonds. The van der Waals surface area contributed by atoms with E-state index in [-0.39, 0.29) is 0 Å². The van der Waals surface area contributed by atoms with Crippen LogP contribution in [0, 0.1) is 0 Å². The van der Waals surface area contributed by atoms with Crippen LogP contribution in [0.2, 0.25) is 0 Å². The SMILES string of the molecule is CCCCCC/C=C/[Si](OCC)(OCC)OCC. The molecule has 18 heavy (non-hydrogen) atoms. The maximum Gasteiger partial charge on any atom is 0.529 e. The molecule has 0 aliphatic rings. The van der Waals surface area contributed by atoms with Crippen LogP contribution < -0.4 is 0 Å². The van der Waals surface area contributed by atoms with E-state index in [1.165, 1.54) is 25.7 Å². The van der Waals surface area contributed by atoms with Gasteiger partial charge in [0.05, 0.1) is 0 Å². The van der Waals surface area contributed by atoms with Crippen molar-refractivity contribution in [3.8, 4) is 0 Å². The van der Waals surface area contributed by atoms with E-state index in [1.54, 1.807) is 0 Å². The Kier molecular flexibility index (Phi) is 11.8. The predicted octanol–water partition coefficient (Wildman–Crippen LogP) is 4.10. The van der Waals surface area contributed by atoms with E-state index in [2.05, 4.69) is 18.7 Å². The summed E-state index contributed by atoms with van der Waals surface area (Å²) < 4.78 is 17.2. The summed E-state index contributed by atoms with van der Waals surface area (Å²) in [5.74, 6) is 0. The molecular weight excluding hydrogens is 244 g/mol. The van der Waals surface area contributed by atoms with E-state index >= 15 is 0 Å². The Bertz CT molecular complexity index is 190. The van der Waals surface area contributed by atoms with Gasteiger partial charge in [0.1, 0.15) is 0 Å². The minimum Gasteiger partial charge on any atom is -0.371 e. The molecule has 0 atom stereocenters.